The van der Waals surface area contributed by atoms with Gasteiger partial charge in [-0.05, 0) is 93.3 Å². The highest BCUT2D eigenvalue weighted by molar-refractivity contribution is 5.67. The van der Waals surface area contributed by atoms with Crippen LogP contribution in [0.2, 0.25) is 0 Å². The Morgan fingerprint density at radius 1 is 1.07 bits per heavy atom. The number of likely N-dealkylation sites (tertiary alicyclic amines) is 2. The zero-order chi connectivity index (χ0) is 28.3. The van der Waals surface area contributed by atoms with Gasteiger partial charge in [0.1, 0.15) is 11.5 Å². The molecule has 1 N–H and O–H groups in total. The third kappa shape index (κ3) is 7.60. The van der Waals surface area contributed by atoms with Gasteiger partial charge in [-0.1, -0.05) is 25.0 Å². The van der Waals surface area contributed by atoms with Crippen molar-refractivity contribution in [3.8, 4) is 0 Å². The van der Waals surface area contributed by atoms with Crippen molar-refractivity contribution < 1.29 is 23.1 Å². The molecule has 9 heteroatoms. The van der Waals surface area contributed by atoms with Crippen LogP contribution in [-0.2, 0) is 10.7 Å². The maximum absolute atomic E-state index is 14.7. The van der Waals surface area contributed by atoms with E-state index < -0.39 is 11.9 Å². The smallest absolute Gasteiger partial charge is 0.304 e. The van der Waals surface area contributed by atoms with Crippen LogP contribution in [-0.4, -0.2) is 69.8 Å². The number of aliphatic carboxylic acids is 1. The van der Waals surface area contributed by atoms with Crippen LogP contribution in [0.15, 0.2) is 36.4 Å². The summed E-state index contributed by atoms with van der Waals surface area (Å²) >= 11 is 0. The fraction of sp³-hybridized carbons (Fsp3) is 0.645. The number of hydrogen-bond acceptors (Lipinski definition) is 5. The zero-order valence-electron chi connectivity index (χ0n) is 23.3. The topological polar surface area (TPSA) is 69.6 Å². The standard InChI is InChI=1S/C31H41F3N4O2/c1-21-5-8-29(36-35-21)31(33,34)12-9-22-10-13-37(14-11-22)18-25-19-38(27(17-30(39)40)15-23-6-7-23)20-28(25)24-3-2-4-26(32)16-24/h2-5,8,16,22-23,25,27-28H,6-7,9-15,17-20H2,1H3,(H,39,40). The molecule has 0 bridgehead atoms. The molecule has 2 aromatic rings. The summed E-state index contributed by atoms with van der Waals surface area (Å²) in [6.07, 6.45) is 5.40. The molecule has 3 unspecified atom stereocenters. The van der Waals surface area contributed by atoms with E-state index in [9.17, 15) is 23.1 Å². The summed E-state index contributed by atoms with van der Waals surface area (Å²) in [4.78, 5) is 16.4. The SMILES string of the molecule is Cc1ccc(C(F)(F)CCC2CCN(CC3CN(C(CC(=O)O)CC4CC4)CC3c3cccc(F)c3)CC2)nn1. The van der Waals surface area contributed by atoms with Gasteiger partial charge in [-0.3, -0.25) is 9.69 Å². The molecule has 0 radical (unpaired) electrons. The molecule has 6 nitrogen and oxygen atoms in total. The first-order valence-corrected chi connectivity index (χ1v) is 14.8. The van der Waals surface area contributed by atoms with Gasteiger partial charge in [-0.2, -0.15) is 13.9 Å². The maximum atomic E-state index is 14.7. The number of carboxylic acid groups (broad SMARTS) is 1. The summed E-state index contributed by atoms with van der Waals surface area (Å²) in [5.74, 6) is -2.71. The summed E-state index contributed by atoms with van der Waals surface area (Å²) in [6, 6.07) is 9.79. The molecular formula is C31H41F3N4O2. The number of nitrogens with zero attached hydrogens (tertiary/aromatic N) is 4. The van der Waals surface area contributed by atoms with Gasteiger partial charge in [-0.25, -0.2) is 4.39 Å². The van der Waals surface area contributed by atoms with Crippen molar-refractivity contribution >= 4 is 5.97 Å². The molecule has 1 saturated carbocycles. The largest absolute Gasteiger partial charge is 0.481 e. The van der Waals surface area contributed by atoms with Crippen molar-refractivity contribution in [3.63, 3.8) is 0 Å². The van der Waals surface area contributed by atoms with E-state index in [0.29, 0.717) is 18.0 Å². The number of carboxylic acids is 1. The second kappa shape index (κ2) is 12.6. The van der Waals surface area contributed by atoms with E-state index in [2.05, 4.69) is 20.0 Å². The normalized spacial score (nSPS) is 23.9. The number of aromatic nitrogens is 2. The molecule has 2 saturated heterocycles. The minimum Gasteiger partial charge on any atom is -0.481 e. The Morgan fingerprint density at radius 3 is 2.50 bits per heavy atom. The van der Waals surface area contributed by atoms with Crippen LogP contribution in [0.1, 0.15) is 74.2 Å². The van der Waals surface area contributed by atoms with Gasteiger partial charge in [0.2, 0.25) is 0 Å². The van der Waals surface area contributed by atoms with E-state index in [1.54, 1.807) is 25.1 Å². The number of aryl methyl sites for hydroxylation is 1. The number of carbonyl (C=O) groups is 1. The molecule has 1 aliphatic carbocycles. The fourth-order valence-electron chi connectivity index (χ4n) is 6.70. The van der Waals surface area contributed by atoms with E-state index in [-0.39, 0.29) is 48.1 Å². The Labute approximate surface area is 235 Å². The van der Waals surface area contributed by atoms with Gasteiger partial charge in [0.15, 0.2) is 0 Å². The molecule has 3 aliphatic rings. The number of alkyl halides is 2. The summed E-state index contributed by atoms with van der Waals surface area (Å²) in [5, 5.41) is 17.1. The molecule has 3 fully saturated rings. The van der Waals surface area contributed by atoms with E-state index in [1.165, 1.54) is 25.0 Å². The van der Waals surface area contributed by atoms with Gasteiger partial charge >= 0.3 is 5.97 Å². The molecule has 0 amide bonds. The first-order valence-electron chi connectivity index (χ1n) is 14.8. The Kier molecular flexibility index (Phi) is 9.10. The molecule has 3 heterocycles. The first-order chi connectivity index (χ1) is 19.2. The number of rotatable bonds is 12. The molecule has 0 spiro atoms. The van der Waals surface area contributed by atoms with Crippen molar-refractivity contribution in [2.45, 2.75) is 76.2 Å². The highest BCUT2D eigenvalue weighted by Gasteiger charge is 2.41. The lowest BCUT2D eigenvalue weighted by Gasteiger charge is -2.35. The molecule has 1 aromatic carbocycles. The minimum absolute atomic E-state index is 0.0108. The summed E-state index contributed by atoms with van der Waals surface area (Å²) < 4.78 is 43.6. The quantitative estimate of drug-likeness (QED) is 0.352. The van der Waals surface area contributed by atoms with Crippen molar-refractivity contribution in [2.24, 2.45) is 17.8 Å². The van der Waals surface area contributed by atoms with Gasteiger partial charge < -0.3 is 10.0 Å². The second-order valence-electron chi connectivity index (χ2n) is 12.4. The van der Waals surface area contributed by atoms with E-state index in [1.807, 2.05) is 6.07 Å². The molecule has 40 heavy (non-hydrogen) atoms. The lowest BCUT2D eigenvalue weighted by Crippen LogP contribution is -2.40. The van der Waals surface area contributed by atoms with Gasteiger partial charge in [0, 0.05) is 38.0 Å². The Balaban J connectivity index is 1.18. The average Bonchev–Trinajstić information content (AvgIpc) is 3.64. The Bertz CT molecular complexity index is 1140. The number of piperidine rings is 1. The van der Waals surface area contributed by atoms with Crippen LogP contribution in [0.5, 0.6) is 0 Å². The molecule has 3 atom stereocenters. The number of hydrogen-bond donors (Lipinski definition) is 1. The molecule has 1 aromatic heterocycles. The van der Waals surface area contributed by atoms with Crippen LogP contribution >= 0.6 is 0 Å². The highest BCUT2D eigenvalue weighted by atomic mass is 19.3. The third-order valence-electron chi connectivity index (χ3n) is 9.21. The van der Waals surface area contributed by atoms with Crippen molar-refractivity contribution in [1.29, 1.82) is 0 Å². The predicted octanol–water partition coefficient (Wildman–Crippen LogP) is 5.87. The number of benzene rings is 1. The van der Waals surface area contributed by atoms with Crippen molar-refractivity contribution in [3.05, 3.63) is 59.2 Å². The maximum Gasteiger partial charge on any atom is 0.304 e. The monoisotopic (exact) mass is 558 g/mol. The summed E-state index contributed by atoms with van der Waals surface area (Å²) in [6.45, 7) is 5.83. The minimum atomic E-state index is -2.98. The van der Waals surface area contributed by atoms with Crippen LogP contribution in [0.4, 0.5) is 13.2 Å². The summed E-state index contributed by atoms with van der Waals surface area (Å²) in [5.41, 5.74) is 1.34. The van der Waals surface area contributed by atoms with Crippen LogP contribution in [0, 0.1) is 30.5 Å². The van der Waals surface area contributed by atoms with Crippen LogP contribution in [0.3, 0.4) is 0 Å². The molecule has 218 valence electrons. The van der Waals surface area contributed by atoms with E-state index in [0.717, 1.165) is 57.5 Å². The molecule has 2 aliphatic heterocycles. The Hall–Kier alpha value is -2.52. The van der Waals surface area contributed by atoms with Crippen LogP contribution in [0.25, 0.3) is 0 Å². The number of halogens is 3. The zero-order valence-corrected chi connectivity index (χ0v) is 23.3. The van der Waals surface area contributed by atoms with Crippen molar-refractivity contribution in [1.82, 2.24) is 20.0 Å². The summed E-state index contributed by atoms with van der Waals surface area (Å²) in [7, 11) is 0. The van der Waals surface area contributed by atoms with Crippen LogP contribution < -0.4 is 0 Å². The Morgan fingerprint density at radius 2 is 1.85 bits per heavy atom. The molecular weight excluding hydrogens is 517 g/mol. The molecule has 5 rings (SSSR count). The fourth-order valence-corrected chi connectivity index (χ4v) is 6.70. The van der Waals surface area contributed by atoms with Gasteiger partial charge in [0.05, 0.1) is 12.1 Å². The van der Waals surface area contributed by atoms with Crippen molar-refractivity contribution in [2.75, 3.05) is 32.7 Å². The predicted molar refractivity (Wildman–Crippen MR) is 147 cm³/mol. The van der Waals surface area contributed by atoms with E-state index >= 15 is 0 Å². The highest BCUT2D eigenvalue weighted by Crippen LogP contribution is 2.41. The third-order valence-corrected chi connectivity index (χ3v) is 9.21. The first kappa shape index (κ1) is 29.0. The average molecular weight is 559 g/mol. The van der Waals surface area contributed by atoms with E-state index in [4.69, 9.17) is 0 Å². The second-order valence-corrected chi connectivity index (χ2v) is 12.4. The van der Waals surface area contributed by atoms with Gasteiger partial charge in [-0.15, -0.1) is 5.10 Å². The lowest BCUT2D eigenvalue weighted by atomic mass is 9.86. The lowest BCUT2D eigenvalue weighted by molar-refractivity contribution is -0.138. The van der Waals surface area contributed by atoms with Gasteiger partial charge in [0.25, 0.3) is 5.92 Å².